The molecule has 4 nitrogen and oxygen atoms in total. The summed E-state index contributed by atoms with van der Waals surface area (Å²) in [4.78, 5) is 4.45. The van der Waals surface area contributed by atoms with E-state index < -0.39 is 0 Å². The largest absolute Gasteiger partial charge is 0.476 e. The summed E-state index contributed by atoms with van der Waals surface area (Å²) in [7, 11) is 0. The molecule has 0 amide bonds. The molecule has 0 bridgehead atoms. The van der Waals surface area contributed by atoms with Gasteiger partial charge in [-0.3, -0.25) is 0 Å². The number of anilines is 2. The van der Waals surface area contributed by atoms with Crippen molar-refractivity contribution in [1.82, 2.24) is 4.98 Å². The Morgan fingerprint density at radius 1 is 1.53 bits per heavy atom. The van der Waals surface area contributed by atoms with Gasteiger partial charge in [0.25, 0.3) is 0 Å². The number of hydrogen-bond acceptors (Lipinski definition) is 5. The summed E-state index contributed by atoms with van der Waals surface area (Å²) < 4.78 is 5.68. The number of nitrogens with two attached hydrogens (primary N) is 1. The SMILES string of the molecule is CSCCC(C)Nc1ccc(N)c(OCC2CC2)n1. The summed E-state index contributed by atoms with van der Waals surface area (Å²) in [5, 5.41) is 3.39. The fourth-order valence-corrected chi connectivity index (χ4v) is 2.34. The van der Waals surface area contributed by atoms with E-state index in [1.54, 1.807) is 0 Å². The quantitative estimate of drug-likeness (QED) is 0.767. The van der Waals surface area contributed by atoms with Crippen LogP contribution in [0.25, 0.3) is 0 Å². The van der Waals surface area contributed by atoms with Crippen molar-refractivity contribution in [3.63, 3.8) is 0 Å². The van der Waals surface area contributed by atoms with Gasteiger partial charge in [0.15, 0.2) is 0 Å². The van der Waals surface area contributed by atoms with E-state index in [4.69, 9.17) is 10.5 Å². The molecular formula is C14H23N3OS. The van der Waals surface area contributed by atoms with Crippen LogP contribution in [-0.2, 0) is 0 Å². The van der Waals surface area contributed by atoms with Crippen molar-refractivity contribution < 1.29 is 4.74 Å². The molecule has 0 spiro atoms. The lowest BCUT2D eigenvalue weighted by Gasteiger charge is -2.15. The average molecular weight is 281 g/mol. The first-order valence-corrected chi connectivity index (χ1v) is 8.23. The molecule has 1 unspecified atom stereocenters. The van der Waals surface area contributed by atoms with Crippen LogP contribution in [0.15, 0.2) is 12.1 Å². The molecule has 1 fully saturated rings. The molecule has 1 aromatic rings. The Hall–Kier alpha value is -1.10. The first kappa shape index (κ1) is 14.3. The van der Waals surface area contributed by atoms with E-state index in [0.29, 0.717) is 23.5 Å². The van der Waals surface area contributed by atoms with Crippen molar-refractivity contribution >= 4 is 23.3 Å². The zero-order chi connectivity index (χ0) is 13.7. The fourth-order valence-electron chi connectivity index (χ4n) is 1.75. The number of rotatable bonds is 8. The number of nitrogen functional groups attached to an aromatic ring is 1. The molecule has 106 valence electrons. The van der Waals surface area contributed by atoms with E-state index >= 15 is 0 Å². The Morgan fingerprint density at radius 3 is 3.00 bits per heavy atom. The van der Waals surface area contributed by atoms with E-state index in [1.807, 2.05) is 23.9 Å². The molecule has 1 heterocycles. The topological polar surface area (TPSA) is 60.2 Å². The zero-order valence-corrected chi connectivity index (χ0v) is 12.5. The van der Waals surface area contributed by atoms with Crippen LogP contribution in [-0.4, -0.2) is 29.6 Å². The summed E-state index contributed by atoms with van der Waals surface area (Å²) in [5.41, 5.74) is 6.50. The molecule has 1 atom stereocenters. The van der Waals surface area contributed by atoms with Gasteiger partial charge in [-0.25, -0.2) is 0 Å². The maximum atomic E-state index is 5.89. The van der Waals surface area contributed by atoms with Crippen LogP contribution < -0.4 is 15.8 Å². The van der Waals surface area contributed by atoms with E-state index in [1.165, 1.54) is 12.8 Å². The van der Waals surface area contributed by atoms with Gasteiger partial charge in [-0.05, 0) is 56.2 Å². The molecule has 2 rings (SSSR count). The molecule has 0 aliphatic heterocycles. The Balaban J connectivity index is 1.90. The van der Waals surface area contributed by atoms with Gasteiger partial charge in [0.2, 0.25) is 5.88 Å². The second-order valence-electron chi connectivity index (χ2n) is 5.17. The van der Waals surface area contributed by atoms with Crippen LogP contribution in [0.5, 0.6) is 5.88 Å². The lowest BCUT2D eigenvalue weighted by atomic mass is 10.2. The van der Waals surface area contributed by atoms with Gasteiger partial charge in [0.1, 0.15) is 5.82 Å². The summed E-state index contributed by atoms with van der Waals surface area (Å²) >= 11 is 1.86. The highest BCUT2D eigenvalue weighted by Gasteiger charge is 2.22. The van der Waals surface area contributed by atoms with Crippen LogP contribution in [0.3, 0.4) is 0 Å². The maximum Gasteiger partial charge on any atom is 0.239 e. The first-order chi connectivity index (χ1) is 9.19. The molecular weight excluding hydrogens is 258 g/mol. The Bertz CT molecular complexity index is 410. The number of nitrogens with zero attached hydrogens (tertiary/aromatic N) is 1. The molecule has 19 heavy (non-hydrogen) atoms. The van der Waals surface area contributed by atoms with Crippen LogP contribution in [0.4, 0.5) is 11.5 Å². The minimum Gasteiger partial charge on any atom is -0.476 e. The van der Waals surface area contributed by atoms with E-state index in [0.717, 1.165) is 24.6 Å². The molecule has 1 aliphatic rings. The van der Waals surface area contributed by atoms with Crippen molar-refractivity contribution in [1.29, 1.82) is 0 Å². The summed E-state index contributed by atoms with van der Waals surface area (Å²) in [6.45, 7) is 2.90. The summed E-state index contributed by atoms with van der Waals surface area (Å²) in [6.07, 6.45) is 5.77. The van der Waals surface area contributed by atoms with Crippen LogP contribution in [0.1, 0.15) is 26.2 Å². The fraction of sp³-hybridized carbons (Fsp3) is 0.643. The van der Waals surface area contributed by atoms with Crippen LogP contribution >= 0.6 is 11.8 Å². The third-order valence-corrected chi connectivity index (χ3v) is 3.84. The second kappa shape index (κ2) is 6.89. The van der Waals surface area contributed by atoms with Gasteiger partial charge in [-0.15, -0.1) is 0 Å². The van der Waals surface area contributed by atoms with Crippen LogP contribution in [0, 0.1) is 5.92 Å². The number of hydrogen-bond donors (Lipinski definition) is 2. The highest BCUT2D eigenvalue weighted by Crippen LogP contribution is 2.30. The number of ether oxygens (including phenoxy) is 1. The maximum absolute atomic E-state index is 5.89. The van der Waals surface area contributed by atoms with Crippen molar-refractivity contribution in [2.24, 2.45) is 5.92 Å². The van der Waals surface area contributed by atoms with Gasteiger partial charge >= 0.3 is 0 Å². The minimum absolute atomic E-state index is 0.403. The minimum atomic E-state index is 0.403. The highest BCUT2D eigenvalue weighted by atomic mass is 32.2. The smallest absolute Gasteiger partial charge is 0.239 e. The third-order valence-electron chi connectivity index (χ3n) is 3.19. The highest BCUT2D eigenvalue weighted by molar-refractivity contribution is 7.98. The summed E-state index contributed by atoms with van der Waals surface area (Å²) in [6, 6.07) is 4.17. The molecule has 0 saturated heterocycles. The molecule has 1 saturated carbocycles. The van der Waals surface area contributed by atoms with Gasteiger partial charge in [-0.2, -0.15) is 16.7 Å². The molecule has 5 heteroatoms. The Labute approximate surface area is 119 Å². The van der Waals surface area contributed by atoms with E-state index in [9.17, 15) is 0 Å². The molecule has 3 N–H and O–H groups in total. The molecule has 1 aliphatic carbocycles. The normalized spacial score (nSPS) is 16.1. The van der Waals surface area contributed by atoms with Crippen LogP contribution in [0.2, 0.25) is 0 Å². The third kappa shape index (κ3) is 4.82. The van der Waals surface area contributed by atoms with Crippen molar-refractivity contribution in [2.75, 3.05) is 29.7 Å². The second-order valence-corrected chi connectivity index (χ2v) is 6.16. The number of aromatic nitrogens is 1. The van der Waals surface area contributed by atoms with E-state index in [-0.39, 0.29) is 0 Å². The van der Waals surface area contributed by atoms with Gasteiger partial charge in [0.05, 0.1) is 12.3 Å². The molecule has 1 aromatic heterocycles. The first-order valence-electron chi connectivity index (χ1n) is 6.84. The zero-order valence-electron chi connectivity index (χ0n) is 11.7. The number of thioether (sulfide) groups is 1. The van der Waals surface area contributed by atoms with Crippen molar-refractivity contribution in [2.45, 2.75) is 32.2 Å². The number of pyridine rings is 1. The van der Waals surface area contributed by atoms with E-state index in [2.05, 4.69) is 23.5 Å². The number of nitrogens with one attached hydrogen (secondary N) is 1. The Kier molecular flexibility index (Phi) is 5.19. The van der Waals surface area contributed by atoms with Crippen molar-refractivity contribution in [3.8, 4) is 5.88 Å². The standard InChI is InChI=1S/C14H23N3OS/c1-10(7-8-19-2)16-13-6-5-12(15)14(17-13)18-9-11-3-4-11/h5-6,10-11H,3-4,7-9,15H2,1-2H3,(H,16,17). The predicted molar refractivity (Wildman–Crippen MR) is 83.0 cm³/mol. The van der Waals surface area contributed by atoms with Crippen molar-refractivity contribution in [3.05, 3.63) is 12.1 Å². The average Bonchev–Trinajstić information content (AvgIpc) is 3.21. The Morgan fingerprint density at radius 2 is 2.32 bits per heavy atom. The van der Waals surface area contributed by atoms with Gasteiger partial charge < -0.3 is 15.8 Å². The summed E-state index contributed by atoms with van der Waals surface area (Å²) in [5.74, 6) is 3.26. The predicted octanol–water partition coefficient (Wildman–Crippen LogP) is 3.01. The molecule has 0 aromatic carbocycles. The monoisotopic (exact) mass is 281 g/mol. The van der Waals surface area contributed by atoms with Gasteiger partial charge in [-0.1, -0.05) is 0 Å². The lowest BCUT2D eigenvalue weighted by molar-refractivity contribution is 0.290. The lowest BCUT2D eigenvalue weighted by Crippen LogP contribution is -2.17. The van der Waals surface area contributed by atoms with Gasteiger partial charge in [0, 0.05) is 6.04 Å². The molecule has 0 radical (unpaired) electrons.